The Kier molecular flexibility index (Phi) is 4.61. The molecule has 2 aromatic rings. The highest BCUT2D eigenvalue weighted by molar-refractivity contribution is 7.30. The van der Waals surface area contributed by atoms with Gasteiger partial charge in [-0.15, -0.1) is 0 Å². The van der Waals surface area contributed by atoms with E-state index >= 15 is 0 Å². The number of hydrogen-bond acceptors (Lipinski definition) is 2. The zero-order valence-corrected chi connectivity index (χ0v) is 15.2. The van der Waals surface area contributed by atoms with Crippen molar-refractivity contribution in [3.05, 3.63) is 64.2 Å². The molecular weight excluding hydrogens is 315 g/mol. The van der Waals surface area contributed by atoms with Gasteiger partial charge in [0.25, 0.3) is 0 Å². The first-order valence-electron chi connectivity index (χ1n) is 8.99. The lowest BCUT2D eigenvalue weighted by Gasteiger charge is -2.27. The van der Waals surface area contributed by atoms with Crippen molar-refractivity contribution in [2.24, 2.45) is 0 Å². The molecule has 0 heterocycles. The summed E-state index contributed by atoms with van der Waals surface area (Å²) < 4.78 is 5.64. The van der Waals surface area contributed by atoms with Gasteiger partial charge in [-0.1, -0.05) is 30.7 Å². The van der Waals surface area contributed by atoms with Gasteiger partial charge in [-0.25, -0.2) is 0 Å². The monoisotopic (exact) mass is 340 g/mol. The maximum absolute atomic E-state index is 8.98. The predicted molar refractivity (Wildman–Crippen MR) is 100 cm³/mol. The van der Waals surface area contributed by atoms with Crippen molar-refractivity contribution in [1.29, 1.82) is 0 Å². The van der Waals surface area contributed by atoms with Crippen molar-refractivity contribution in [3.63, 3.8) is 0 Å². The summed E-state index contributed by atoms with van der Waals surface area (Å²) in [5.41, 5.74) is 7.26. The molecule has 0 bridgehead atoms. The van der Waals surface area contributed by atoms with Crippen LogP contribution < -0.4 is 4.74 Å². The van der Waals surface area contributed by atoms with Crippen LogP contribution in [0.25, 0.3) is 0 Å². The van der Waals surface area contributed by atoms with Gasteiger partial charge in [0.05, 0.1) is 0 Å². The summed E-state index contributed by atoms with van der Waals surface area (Å²) >= 11 is 0. The molecule has 0 aromatic heterocycles. The number of hydrogen-bond donors (Lipinski definition) is 1. The van der Waals surface area contributed by atoms with E-state index in [1.54, 1.807) is 0 Å². The fourth-order valence-electron chi connectivity index (χ4n) is 4.29. The van der Waals surface area contributed by atoms with Crippen molar-refractivity contribution < 1.29 is 9.63 Å². The van der Waals surface area contributed by atoms with Crippen LogP contribution in [0.3, 0.4) is 0 Å². The molecule has 0 radical (unpaired) electrons. The topological polar surface area (TPSA) is 29.5 Å². The van der Waals surface area contributed by atoms with Crippen LogP contribution in [0.15, 0.2) is 36.4 Å². The first kappa shape index (κ1) is 16.1. The summed E-state index contributed by atoms with van der Waals surface area (Å²) in [6, 6.07) is 13.6. The second-order valence-electron chi connectivity index (χ2n) is 7.15. The van der Waals surface area contributed by atoms with Crippen LogP contribution in [0.1, 0.15) is 65.3 Å². The smallest absolute Gasteiger partial charge is 0.129 e. The third kappa shape index (κ3) is 2.98. The Labute approximate surface area is 146 Å². The van der Waals surface area contributed by atoms with Gasteiger partial charge in [-0.05, 0) is 78.5 Å². The van der Waals surface area contributed by atoms with E-state index in [9.17, 15) is 0 Å². The van der Waals surface area contributed by atoms with E-state index < -0.39 is 0 Å². The Morgan fingerprint density at radius 1 is 1.12 bits per heavy atom. The Bertz CT molecular complexity index is 737. The number of ether oxygens (including phenoxy) is 1. The molecule has 1 fully saturated rings. The summed E-state index contributed by atoms with van der Waals surface area (Å²) in [5, 5.41) is 0. The third-order valence-electron chi connectivity index (χ3n) is 5.69. The lowest BCUT2D eigenvalue weighted by atomic mass is 9.78. The average molecular weight is 340 g/mol. The molecule has 0 amide bonds. The van der Waals surface area contributed by atoms with Crippen LogP contribution in [0.2, 0.25) is 0 Å². The Hall–Kier alpha value is -1.37. The van der Waals surface area contributed by atoms with Gasteiger partial charge in [-0.3, -0.25) is 0 Å². The van der Waals surface area contributed by atoms with Crippen LogP contribution >= 0.6 is 8.81 Å². The van der Waals surface area contributed by atoms with Gasteiger partial charge in [0.1, 0.15) is 12.1 Å². The molecule has 0 spiro atoms. The molecule has 3 heteroatoms. The third-order valence-corrected chi connectivity index (χ3v) is 5.96. The summed E-state index contributed by atoms with van der Waals surface area (Å²) in [6.07, 6.45) is 6.80. The molecule has 1 saturated carbocycles. The van der Waals surface area contributed by atoms with Gasteiger partial charge in [0.2, 0.25) is 0 Å². The summed E-state index contributed by atoms with van der Waals surface area (Å²) in [4.78, 5) is 8.98. The second-order valence-corrected chi connectivity index (χ2v) is 7.75. The van der Waals surface area contributed by atoms with Crippen molar-refractivity contribution >= 4 is 8.81 Å². The van der Waals surface area contributed by atoms with E-state index in [0.29, 0.717) is 12.3 Å². The number of rotatable bonds is 5. The molecule has 4 rings (SSSR count). The van der Waals surface area contributed by atoms with E-state index in [4.69, 9.17) is 9.63 Å². The molecule has 2 aliphatic carbocycles. The fourth-order valence-corrected chi connectivity index (χ4v) is 4.52. The van der Waals surface area contributed by atoms with E-state index in [1.165, 1.54) is 53.5 Å². The molecule has 24 heavy (non-hydrogen) atoms. The Balaban J connectivity index is 1.64. The van der Waals surface area contributed by atoms with Crippen LogP contribution in [0, 0.1) is 6.92 Å². The molecule has 2 unspecified atom stereocenters. The number of benzene rings is 2. The minimum absolute atomic E-state index is 0.158. The van der Waals surface area contributed by atoms with E-state index in [0.717, 1.165) is 18.1 Å². The zero-order valence-electron chi connectivity index (χ0n) is 14.2. The summed E-state index contributed by atoms with van der Waals surface area (Å²) in [6.45, 7) is 2.20. The highest BCUT2D eigenvalue weighted by Crippen LogP contribution is 2.43. The second kappa shape index (κ2) is 6.86. The molecule has 2 aromatic carbocycles. The highest BCUT2D eigenvalue weighted by Gasteiger charge is 2.27. The van der Waals surface area contributed by atoms with Crippen LogP contribution in [-0.2, 0) is 6.42 Å². The van der Waals surface area contributed by atoms with Gasteiger partial charge in [-0.2, -0.15) is 0 Å². The van der Waals surface area contributed by atoms with E-state index in [-0.39, 0.29) is 8.81 Å². The maximum atomic E-state index is 8.98. The lowest BCUT2D eigenvalue weighted by molar-refractivity contribution is 0.379. The van der Waals surface area contributed by atoms with Gasteiger partial charge >= 0.3 is 0 Å². The molecule has 2 nitrogen and oxygen atoms in total. The number of fused-ring (bicyclic) bond motifs is 1. The molecule has 2 atom stereocenters. The van der Waals surface area contributed by atoms with Gasteiger partial charge in [0.15, 0.2) is 0 Å². The minimum atomic E-state index is -0.158. The molecule has 0 saturated heterocycles. The van der Waals surface area contributed by atoms with Crippen LogP contribution in [-0.4, -0.2) is 11.2 Å². The van der Waals surface area contributed by atoms with Crippen molar-refractivity contribution in [3.8, 4) is 5.75 Å². The van der Waals surface area contributed by atoms with Crippen molar-refractivity contribution in [2.45, 2.75) is 50.9 Å². The molecule has 126 valence electrons. The Morgan fingerprint density at radius 2 is 1.96 bits per heavy atom. The largest absolute Gasteiger partial charge is 0.487 e. The van der Waals surface area contributed by atoms with Gasteiger partial charge in [0, 0.05) is 14.7 Å². The maximum Gasteiger partial charge on any atom is 0.129 e. The van der Waals surface area contributed by atoms with Crippen LogP contribution in [0.4, 0.5) is 0 Å². The van der Waals surface area contributed by atoms with Crippen molar-refractivity contribution in [2.75, 3.05) is 6.35 Å². The van der Waals surface area contributed by atoms with Gasteiger partial charge < -0.3 is 9.63 Å². The van der Waals surface area contributed by atoms with E-state index in [1.807, 2.05) is 0 Å². The standard InChI is InChI=1S/C21H25O2P/c1-14-10-19(23-13-24-22)12-18-8-9-20(21(14)18)17-7-3-6-16(11-17)15-4-2-5-15/h3,6-7,10-12,15,20,22,24H,2,4-5,8-9,13H2,1H3. The zero-order chi connectivity index (χ0) is 16.5. The lowest BCUT2D eigenvalue weighted by Crippen LogP contribution is -2.09. The van der Waals surface area contributed by atoms with Crippen LogP contribution in [0.5, 0.6) is 5.75 Å². The first-order chi connectivity index (χ1) is 11.8. The molecule has 2 aliphatic rings. The Morgan fingerprint density at radius 3 is 2.71 bits per heavy atom. The first-order valence-corrected chi connectivity index (χ1v) is 10.1. The molecule has 0 aliphatic heterocycles. The average Bonchev–Trinajstić information content (AvgIpc) is 2.96. The normalized spacial score (nSPS) is 20.3. The highest BCUT2D eigenvalue weighted by atomic mass is 31.1. The predicted octanol–water partition coefficient (Wildman–Crippen LogP) is 5.26. The van der Waals surface area contributed by atoms with E-state index in [2.05, 4.69) is 43.3 Å². The SMILES string of the molecule is Cc1cc(OCPO)cc2c1C(c1cccc(C3CCC3)c1)CC2. The quantitative estimate of drug-likeness (QED) is 0.752. The molecule has 1 N–H and O–H groups in total. The summed E-state index contributed by atoms with van der Waals surface area (Å²) in [7, 11) is -0.158. The van der Waals surface area contributed by atoms with Crippen molar-refractivity contribution in [1.82, 2.24) is 0 Å². The minimum Gasteiger partial charge on any atom is -0.487 e. The molecular formula is C21H25O2P. The summed E-state index contributed by atoms with van der Waals surface area (Å²) in [5.74, 6) is 2.22. The fraction of sp³-hybridized carbons (Fsp3) is 0.429. The number of aryl methyl sites for hydroxylation is 2.